The van der Waals surface area contributed by atoms with Crippen molar-refractivity contribution >= 4 is 67.0 Å². The number of hydrogen-bond acceptors (Lipinski definition) is 9. The lowest BCUT2D eigenvalue weighted by Gasteiger charge is -2.29. The van der Waals surface area contributed by atoms with E-state index in [1.165, 1.54) is 6.92 Å². The van der Waals surface area contributed by atoms with Crippen LogP contribution in [0.1, 0.15) is 89.6 Å². The minimum Gasteiger partial charge on any atom is -0.387 e. The van der Waals surface area contributed by atoms with E-state index in [-0.39, 0.29) is 29.8 Å². The molecule has 2 fully saturated rings. The highest BCUT2D eigenvalue weighted by atomic mass is 32.1. The molecule has 2 unspecified atom stereocenters. The van der Waals surface area contributed by atoms with Crippen LogP contribution < -0.4 is 10.6 Å². The molecule has 8 rings (SSSR count). The molecule has 3 aromatic heterocycles. The average Bonchev–Trinajstić information content (AvgIpc) is 4.08. The van der Waals surface area contributed by atoms with Gasteiger partial charge in [-0.05, 0) is 66.4 Å². The van der Waals surface area contributed by atoms with Crippen LogP contribution in [0.25, 0.3) is 15.0 Å². The summed E-state index contributed by atoms with van der Waals surface area (Å²) >= 11 is 3.32. The van der Waals surface area contributed by atoms with Crippen LogP contribution in [0.5, 0.6) is 0 Å². The molecule has 2 aromatic carbocycles. The molecule has 14 heteroatoms. The highest BCUT2D eigenvalue weighted by Gasteiger charge is 2.39. The third-order valence-electron chi connectivity index (χ3n) is 10.5. The Morgan fingerprint density at radius 1 is 0.860 bits per heavy atom. The molecule has 4 amide bonds. The number of thiophene rings is 2. The van der Waals surface area contributed by atoms with Crippen molar-refractivity contribution < 1.29 is 24.3 Å². The molecule has 12 nitrogen and oxygen atoms in total. The van der Waals surface area contributed by atoms with Gasteiger partial charge in [-0.2, -0.15) is 0 Å². The van der Waals surface area contributed by atoms with Crippen LogP contribution in [-0.2, 0) is 19.2 Å². The van der Waals surface area contributed by atoms with Crippen molar-refractivity contribution in [1.82, 2.24) is 30.4 Å². The van der Waals surface area contributed by atoms with Gasteiger partial charge in [-0.15, -0.1) is 22.7 Å². The van der Waals surface area contributed by atoms with Crippen LogP contribution in [0.4, 0.5) is 0 Å². The number of hydrogen-bond donors (Lipinski definition) is 4. The Morgan fingerprint density at radius 2 is 1.49 bits per heavy atom. The first-order valence-corrected chi connectivity index (χ1v) is 20.6. The van der Waals surface area contributed by atoms with Crippen molar-refractivity contribution in [3.8, 4) is 11.8 Å². The van der Waals surface area contributed by atoms with E-state index in [2.05, 4.69) is 44.6 Å². The number of carbonyl (C=O) groups excluding carboxylic acids is 4. The molecular formula is C43H41N7O5S2. The zero-order valence-electron chi connectivity index (χ0n) is 31.2. The van der Waals surface area contributed by atoms with E-state index in [1.807, 2.05) is 59.6 Å². The van der Waals surface area contributed by atoms with Crippen molar-refractivity contribution in [3.63, 3.8) is 0 Å². The fourth-order valence-corrected chi connectivity index (χ4v) is 10.1. The molecule has 0 radical (unpaired) electrons. The first-order chi connectivity index (χ1) is 27.7. The van der Waals surface area contributed by atoms with E-state index in [9.17, 15) is 24.3 Å². The van der Waals surface area contributed by atoms with Gasteiger partial charge in [0, 0.05) is 52.6 Å². The summed E-state index contributed by atoms with van der Waals surface area (Å²) in [4.78, 5) is 70.3. The Balaban J connectivity index is 0.910. The lowest BCUT2D eigenvalue weighted by molar-refractivity contribution is -0.138. The largest absolute Gasteiger partial charge is 0.387 e. The maximum Gasteiger partial charge on any atom is 0.250 e. The summed E-state index contributed by atoms with van der Waals surface area (Å²) in [6.45, 7) is 1.88. The summed E-state index contributed by atoms with van der Waals surface area (Å²) < 4.78 is 2.28. The van der Waals surface area contributed by atoms with Crippen LogP contribution in [0.15, 0.2) is 90.2 Å². The molecule has 0 aliphatic carbocycles. The number of amides is 4. The molecule has 3 aliphatic heterocycles. The van der Waals surface area contributed by atoms with E-state index in [0.29, 0.717) is 36.6 Å². The maximum absolute atomic E-state index is 13.9. The van der Waals surface area contributed by atoms with Gasteiger partial charge in [0.2, 0.25) is 23.6 Å². The topological polar surface area (TPSA) is 160 Å². The number of H-pyrrole nitrogens is 1. The number of nitrogens with zero attached hydrogens (tertiary/aromatic N) is 4. The number of carbonyl (C=O) groups is 4. The summed E-state index contributed by atoms with van der Waals surface area (Å²) in [7, 11) is 0. The average molecular weight is 800 g/mol. The van der Waals surface area contributed by atoms with Gasteiger partial charge in [0.15, 0.2) is 0 Å². The number of allylic oxidation sites excluding steroid dienone is 1. The zero-order chi connectivity index (χ0) is 39.5. The quantitative estimate of drug-likeness (QED) is 0.134. The normalized spacial score (nSPS) is 18.8. The third kappa shape index (κ3) is 8.18. The van der Waals surface area contributed by atoms with Gasteiger partial charge in [-0.25, -0.2) is 4.98 Å². The molecule has 2 saturated heterocycles. The van der Waals surface area contributed by atoms with Crippen molar-refractivity contribution in [2.24, 2.45) is 4.99 Å². The number of aromatic nitrogens is 2. The fourth-order valence-electron chi connectivity index (χ4n) is 7.86. The van der Waals surface area contributed by atoms with Gasteiger partial charge >= 0.3 is 0 Å². The SMILES string of the molecule is CC(=O)N[C@@H](C(=O)N1CCCC1C1=NC=C(c2cc3sc(C#Cc4cnc(C5CCCN5C(=O)[C@H](NC(=O)CO)c5ccccc5)[nH]4)cc3s2)C1)c1ccccc1. The van der Waals surface area contributed by atoms with Crippen molar-refractivity contribution in [2.75, 3.05) is 19.7 Å². The minimum absolute atomic E-state index is 0.110. The number of likely N-dealkylation sites (tertiary alicyclic amines) is 2. The van der Waals surface area contributed by atoms with E-state index >= 15 is 0 Å². The summed E-state index contributed by atoms with van der Waals surface area (Å²) in [5.74, 6) is 5.89. The Bertz CT molecular complexity index is 2410. The van der Waals surface area contributed by atoms with Crippen LogP contribution in [0, 0.1) is 11.8 Å². The molecule has 4 atom stereocenters. The van der Waals surface area contributed by atoms with Crippen LogP contribution in [0.2, 0.25) is 0 Å². The number of aromatic amines is 1. The first-order valence-electron chi connectivity index (χ1n) is 19.0. The number of benzene rings is 2. The smallest absolute Gasteiger partial charge is 0.250 e. The Labute approximate surface area is 337 Å². The molecule has 0 saturated carbocycles. The van der Waals surface area contributed by atoms with Crippen molar-refractivity contribution in [3.05, 3.63) is 118 Å². The van der Waals surface area contributed by atoms with Gasteiger partial charge in [0.25, 0.3) is 0 Å². The highest BCUT2D eigenvalue weighted by molar-refractivity contribution is 7.28. The lowest BCUT2D eigenvalue weighted by atomic mass is 10.0. The Morgan fingerprint density at radius 3 is 2.14 bits per heavy atom. The van der Waals surface area contributed by atoms with Crippen LogP contribution in [-0.4, -0.2) is 80.0 Å². The highest BCUT2D eigenvalue weighted by Crippen LogP contribution is 2.40. The molecule has 0 spiro atoms. The number of aliphatic imine (C=N–C) groups is 1. The molecule has 4 N–H and O–H groups in total. The number of fused-ring (bicyclic) bond motifs is 1. The molecule has 6 heterocycles. The number of aliphatic hydroxyl groups is 1. The Kier molecular flexibility index (Phi) is 11.1. The molecule has 5 aromatic rings. The van der Waals surface area contributed by atoms with Crippen LogP contribution in [0.3, 0.4) is 0 Å². The lowest BCUT2D eigenvalue weighted by Crippen LogP contribution is -2.46. The van der Waals surface area contributed by atoms with Gasteiger partial charge in [-0.3, -0.25) is 24.2 Å². The Hall–Kier alpha value is -5.88. The second-order valence-electron chi connectivity index (χ2n) is 14.3. The summed E-state index contributed by atoms with van der Waals surface area (Å²) in [6, 6.07) is 20.6. The number of imidazole rings is 1. The monoisotopic (exact) mass is 799 g/mol. The molecule has 3 aliphatic rings. The minimum atomic E-state index is -0.919. The van der Waals surface area contributed by atoms with Crippen LogP contribution >= 0.6 is 22.7 Å². The number of aliphatic hydroxyl groups excluding tert-OH is 1. The molecule has 290 valence electrons. The first kappa shape index (κ1) is 38.0. The predicted octanol–water partition coefficient (Wildman–Crippen LogP) is 5.65. The molecular weight excluding hydrogens is 759 g/mol. The van der Waals surface area contributed by atoms with E-state index in [1.54, 1.807) is 45.9 Å². The fraction of sp³-hybridized carbons (Fsp3) is 0.302. The zero-order valence-corrected chi connectivity index (χ0v) is 32.9. The van der Waals surface area contributed by atoms with Gasteiger partial charge in [0.05, 0.1) is 23.2 Å². The number of rotatable bonds is 10. The van der Waals surface area contributed by atoms with Gasteiger partial charge < -0.3 is 30.5 Å². The van der Waals surface area contributed by atoms with E-state index in [4.69, 9.17) is 4.99 Å². The van der Waals surface area contributed by atoms with Crippen molar-refractivity contribution in [1.29, 1.82) is 0 Å². The van der Waals surface area contributed by atoms with Gasteiger partial charge in [0.1, 0.15) is 30.2 Å². The predicted molar refractivity (Wildman–Crippen MR) is 220 cm³/mol. The molecule has 57 heavy (non-hydrogen) atoms. The standard InChI is InChI=1S/C43H41N7O5S2/c1-26(52)46-39(27-10-4-2-5-11-27)42(54)49-18-8-14-33(49)32-20-29(23-44-32)35-22-37-36(57-35)21-31(56-37)17-16-30-24-45-41(47-30)34-15-9-19-50(34)43(55)40(48-38(53)25-51)28-12-6-3-7-13-28/h2-7,10-13,21-24,33-34,39-40,51H,8-9,14-15,18-20,25H2,1H3,(H,45,47)(H,46,52)(H,48,53)/t33?,34?,39-,40-/m1/s1. The van der Waals surface area contributed by atoms with E-state index in [0.717, 1.165) is 61.7 Å². The number of nitrogens with one attached hydrogen (secondary N) is 3. The van der Waals surface area contributed by atoms with E-state index < -0.39 is 24.6 Å². The second kappa shape index (κ2) is 16.7. The molecule has 0 bridgehead atoms. The summed E-state index contributed by atoms with van der Waals surface area (Å²) in [5, 5.41) is 14.9. The van der Waals surface area contributed by atoms with Gasteiger partial charge in [-0.1, -0.05) is 60.7 Å². The maximum atomic E-state index is 13.9. The summed E-state index contributed by atoms with van der Waals surface area (Å²) in [5.41, 5.74) is 4.15. The van der Waals surface area contributed by atoms with Crippen molar-refractivity contribution in [2.45, 2.75) is 63.2 Å². The summed E-state index contributed by atoms with van der Waals surface area (Å²) in [6.07, 6.45) is 7.51. The third-order valence-corrected chi connectivity index (χ3v) is 12.8. The second-order valence-corrected chi connectivity index (χ2v) is 16.5.